The normalized spacial score (nSPS) is 21.5. The summed E-state index contributed by atoms with van der Waals surface area (Å²) in [5.74, 6) is -1.14. The number of carbonyl (C=O) groups is 4. The maximum absolute atomic E-state index is 13.9. The SMILES string of the molecule is CCCCN1CCOc2ccccc2C(=O)N[C@H](C(=O)NCCOCC2CCCO2)CCC(=O)N[C@@H](Cc2ccccc2)C1=O. The Balaban J connectivity index is 1.50. The van der Waals surface area contributed by atoms with Crippen LogP contribution in [0.15, 0.2) is 54.6 Å². The van der Waals surface area contributed by atoms with Crippen LogP contribution in [0.5, 0.6) is 5.75 Å². The molecule has 3 atom stereocenters. The van der Waals surface area contributed by atoms with Gasteiger partial charge in [0, 0.05) is 32.5 Å². The van der Waals surface area contributed by atoms with E-state index < -0.39 is 23.9 Å². The largest absolute Gasteiger partial charge is 0.491 e. The van der Waals surface area contributed by atoms with Crippen molar-refractivity contribution in [1.29, 1.82) is 0 Å². The van der Waals surface area contributed by atoms with Crippen molar-refractivity contribution in [2.45, 2.75) is 70.1 Å². The Hall–Kier alpha value is -3.96. The number of unbranched alkanes of at least 4 members (excludes halogenated alkanes) is 1. The second-order valence-electron chi connectivity index (χ2n) is 11.4. The highest BCUT2D eigenvalue weighted by molar-refractivity contribution is 5.99. The number of carbonyl (C=O) groups excluding carboxylic acids is 4. The third-order valence-electron chi connectivity index (χ3n) is 7.91. The van der Waals surface area contributed by atoms with Crippen molar-refractivity contribution < 1.29 is 33.4 Å². The van der Waals surface area contributed by atoms with Gasteiger partial charge in [-0.15, -0.1) is 0 Å². The molecule has 3 N–H and O–H groups in total. The van der Waals surface area contributed by atoms with Gasteiger partial charge in [0.25, 0.3) is 5.91 Å². The van der Waals surface area contributed by atoms with Gasteiger partial charge in [-0.05, 0) is 43.4 Å². The number of nitrogens with one attached hydrogen (secondary N) is 3. The van der Waals surface area contributed by atoms with Crippen molar-refractivity contribution in [1.82, 2.24) is 20.9 Å². The molecule has 11 nitrogen and oxygen atoms in total. The van der Waals surface area contributed by atoms with E-state index in [0.29, 0.717) is 31.9 Å². The zero-order valence-electron chi connectivity index (χ0n) is 26.1. The summed E-state index contributed by atoms with van der Waals surface area (Å²) in [5.41, 5.74) is 1.18. The van der Waals surface area contributed by atoms with Crippen molar-refractivity contribution in [2.24, 2.45) is 0 Å². The zero-order chi connectivity index (χ0) is 31.9. The summed E-state index contributed by atoms with van der Waals surface area (Å²) >= 11 is 0. The fourth-order valence-electron chi connectivity index (χ4n) is 5.40. The van der Waals surface area contributed by atoms with Crippen LogP contribution in [0.25, 0.3) is 0 Å². The molecule has 1 saturated heterocycles. The number of hydrogen-bond donors (Lipinski definition) is 3. The molecule has 1 fully saturated rings. The van der Waals surface area contributed by atoms with Crippen LogP contribution in [0.4, 0.5) is 0 Å². The van der Waals surface area contributed by atoms with E-state index in [1.54, 1.807) is 29.2 Å². The first kappa shape index (κ1) is 33.9. The second-order valence-corrected chi connectivity index (χ2v) is 11.4. The van der Waals surface area contributed by atoms with Gasteiger partial charge < -0.3 is 35.1 Å². The van der Waals surface area contributed by atoms with Gasteiger partial charge in [-0.25, -0.2) is 0 Å². The predicted molar refractivity (Wildman–Crippen MR) is 169 cm³/mol. The molecule has 45 heavy (non-hydrogen) atoms. The van der Waals surface area contributed by atoms with Crippen molar-refractivity contribution in [3.8, 4) is 5.75 Å². The molecule has 2 aliphatic heterocycles. The van der Waals surface area contributed by atoms with Crippen LogP contribution in [-0.4, -0.2) is 92.8 Å². The van der Waals surface area contributed by atoms with Crippen LogP contribution < -0.4 is 20.7 Å². The van der Waals surface area contributed by atoms with Gasteiger partial charge in [-0.3, -0.25) is 19.2 Å². The summed E-state index contributed by atoms with van der Waals surface area (Å²) in [4.78, 5) is 55.5. The van der Waals surface area contributed by atoms with Crippen LogP contribution in [0.2, 0.25) is 0 Å². The van der Waals surface area contributed by atoms with Crippen LogP contribution in [-0.2, 0) is 30.3 Å². The molecule has 0 aliphatic carbocycles. The minimum atomic E-state index is -0.996. The van der Waals surface area contributed by atoms with E-state index in [1.807, 2.05) is 30.3 Å². The van der Waals surface area contributed by atoms with E-state index in [9.17, 15) is 19.2 Å². The molecule has 244 valence electrons. The first-order valence-electron chi connectivity index (χ1n) is 16.1. The average molecular weight is 623 g/mol. The Kier molecular flexibility index (Phi) is 13.7. The van der Waals surface area contributed by atoms with Gasteiger partial charge in [0.1, 0.15) is 24.4 Å². The Morgan fingerprint density at radius 1 is 1.02 bits per heavy atom. The Labute approximate surface area is 265 Å². The molecule has 0 radical (unpaired) electrons. The molecule has 0 bridgehead atoms. The summed E-state index contributed by atoms with van der Waals surface area (Å²) in [5, 5.41) is 8.53. The summed E-state index contributed by atoms with van der Waals surface area (Å²) < 4.78 is 17.2. The quantitative estimate of drug-likeness (QED) is 0.328. The van der Waals surface area contributed by atoms with Gasteiger partial charge >= 0.3 is 0 Å². The molecule has 1 unspecified atom stereocenters. The lowest BCUT2D eigenvalue weighted by Gasteiger charge is -2.28. The minimum Gasteiger partial charge on any atom is -0.491 e. The average Bonchev–Trinajstić information content (AvgIpc) is 3.57. The molecule has 0 spiro atoms. The highest BCUT2D eigenvalue weighted by Crippen LogP contribution is 2.19. The Bertz CT molecular complexity index is 1250. The Morgan fingerprint density at radius 2 is 1.82 bits per heavy atom. The lowest BCUT2D eigenvalue weighted by Crippen LogP contribution is -2.51. The molecule has 2 aromatic rings. The van der Waals surface area contributed by atoms with Crippen LogP contribution in [0.1, 0.15) is 61.4 Å². The van der Waals surface area contributed by atoms with Crippen molar-refractivity contribution in [3.63, 3.8) is 0 Å². The Morgan fingerprint density at radius 3 is 2.60 bits per heavy atom. The van der Waals surface area contributed by atoms with Crippen LogP contribution in [0, 0.1) is 0 Å². The molecule has 11 heteroatoms. The second kappa shape index (κ2) is 18.1. The molecule has 2 aliphatic rings. The summed E-state index contributed by atoms with van der Waals surface area (Å²) in [6.45, 7) is 4.75. The number of ether oxygens (including phenoxy) is 3. The number of fused-ring (bicyclic) bond motifs is 1. The molecule has 0 saturated carbocycles. The fraction of sp³-hybridized carbons (Fsp3) is 0.529. The number of hydrogen-bond acceptors (Lipinski definition) is 7. The molecular formula is C34H46N4O7. The number of rotatable bonds is 11. The first-order chi connectivity index (χ1) is 21.9. The van der Waals surface area contributed by atoms with E-state index >= 15 is 0 Å². The standard InChI is InChI=1S/C34H46N4O7/c1-2-3-18-38-19-22-45-30-14-8-7-13-27(30)32(40)37-28(33(41)35-17-21-43-24-26-12-9-20-44-26)15-16-31(39)36-29(34(38)42)23-25-10-5-4-6-11-25/h4-8,10-11,13-14,26,28-29H,2-3,9,12,15-24H2,1H3,(H,35,41)(H,36,39)(H,37,40)/t26?,28-,29-/m0/s1. The molecule has 2 heterocycles. The van der Waals surface area contributed by atoms with Gasteiger partial charge in [0.05, 0.1) is 31.4 Å². The van der Waals surface area contributed by atoms with E-state index in [2.05, 4.69) is 22.9 Å². The minimum absolute atomic E-state index is 0.0367. The molecule has 2 aromatic carbocycles. The van der Waals surface area contributed by atoms with Gasteiger partial charge in [-0.2, -0.15) is 0 Å². The summed E-state index contributed by atoms with van der Waals surface area (Å²) in [7, 11) is 0. The number of benzene rings is 2. The van der Waals surface area contributed by atoms with Crippen LogP contribution in [0.3, 0.4) is 0 Å². The monoisotopic (exact) mass is 622 g/mol. The van der Waals surface area contributed by atoms with E-state index in [4.69, 9.17) is 14.2 Å². The van der Waals surface area contributed by atoms with Crippen molar-refractivity contribution >= 4 is 23.6 Å². The fourth-order valence-corrected chi connectivity index (χ4v) is 5.40. The maximum Gasteiger partial charge on any atom is 0.255 e. The first-order valence-corrected chi connectivity index (χ1v) is 16.1. The van der Waals surface area contributed by atoms with Crippen LogP contribution >= 0.6 is 0 Å². The highest BCUT2D eigenvalue weighted by Gasteiger charge is 2.29. The van der Waals surface area contributed by atoms with Gasteiger partial charge in [0.2, 0.25) is 17.7 Å². The topological polar surface area (TPSA) is 135 Å². The molecule has 0 aromatic heterocycles. The maximum atomic E-state index is 13.9. The third kappa shape index (κ3) is 10.9. The zero-order valence-corrected chi connectivity index (χ0v) is 26.1. The summed E-state index contributed by atoms with van der Waals surface area (Å²) in [6, 6.07) is 14.5. The third-order valence-corrected chi connectivity index (χ3v) is 7.91. The van der Waals surface area contributed by atoms with Crippen molar-refractivity contribution in [2.75, 3.05) is 46.1 Å². The summed E-state index contributed by atoms with van der Waals surface area (Å²) in [6.07, 6.45) is 4.05. The van der Waals surface area contributed by atoms with Gasteiger partial charge in [-0.1, -0.05) is 55.8 Å². The lowest BCUT2D eigenvalue weighted by atomic mass is 10.0. The molecule has 4 amide bonds. The van der Waals surface area contributed by atoms with E-state index in [0.717, 1.165) is 37.9 Å². The number of amides is 4. The number of para-hydroxylation sites is 1. The molecular weight excluding hydrogens is 576 g/mol. The smallest absolute Gasteiger partial charge is 0.255 e. The van der Waals surface area contributed by atoms with E-state index in [-0.39, 0.29) is 56.0 Å². The van der Waals surface area contributed by atoms with Crippen molar-refractivity contribution in [3.05, 3.63) is 65.7 Å². The number of nitrogens with zero attached hydrogens (tertiary/aromatic N) is 1. The van der Waals surface area contributed by atoms with Gasteiger partial charge in [0.15, 0.2) is 0 Å². The molecule has 4 rings (SSSR count). The lowest BCUT2D eigenvalue weighted by molar-refractivity contribution is -0.137. The van der Waals surface area contributed by atoms with E-state index in [1.165, 1.54) is 0 Å². The highest BCUT2D eigenvalue weighted by atomic mass is 16.5. The predicted octanol–water partition coefficient (Wildman–Crippen LogP) is 2.63.